The average Bonchev–Trinajstić information content (AvgIpc) is 2.85. The van der Waals surface area contributed by atoms with E-state index >= 15 is 0 Å². The van der Waals surface area contributed by atoms with Crippen LogP contribution in [0.15, 0.2) is 12.2 Å². The normalized spacial score (nSPS) is 11.5. The molecule has 0 aromatic rings. The van der Waals surface area contributed by atoms with Crippen molar-refractivity contribution in [3.05, 3.63) is 12.2 Å². The lowest BCUT2D eigenvalue weighted by molar-refractivity contribution is -0.143. The van der Waals surface area contributed by atoms with Crippen molar-refractivity contribution in [3.8, 4) is 0 Å². The highest BCUT2D eigenvalue weighted by Gasteiger charge is 2.18. The van der Waals surface area contributed by atoms with E-state index in [1.165, 1.54) is 80.4 Å². The molecule has 0 saturated heterocycles. The third-order valence-corrected chi connectivity index (χ3v) is 6.44. The quantitative estimate of drug-likeness (QED) is 0.0815. The van der Waals surface area contributed by atoms with Crippen molar-refractivity contribution >= 4 is 23.8 Å². The fraction of sp³-hybridized carbons (Fsp3) is 0.793. The summed E-state index contributed by atoms with van der Waals surface area (Å²) in [5.74, 6) is -3.77. The van der Waals surface area contributed by atoms with Crippen molar-refractivity contribution in [1.82, 2.24) is 15.1 Å². The summed E-state index contributed by atoms with van der Waals surface area (Å²) in [5.41, 5.74) is 0. The van der Waals surface area contributed by atoms with Crippen LogP contribution in [-0.4, -0.2) is 94.7 Å². The van der Waals surface area contributed by atoms with Crippen LogP contribution < -0.4 is 5.32 Å². The fourth-order valence-electron chi connectivity index (χ4n) is 4.32. The highest BCUT2D eigenvalue weighted by atomic mass is 16.4. The van der Waals surface area contributed by atoms with E-state index in [1.807, 2.05) is 0 Å². The van der Waals surface area contributed by atoms with E-state index in [0.29, 0.717) is 6.54 Å². The molecule has 0 bridgehead atoms. The Bertz CT molecular complexity index is 684. The molecule has 0 atom stereocenters. The Hall–Kier alpha value is -2.46. The molecule has 0 heterocycles. The zero-order valence-corrected chi connectivity index (χ0v) is 24.1. The second kappa shape index (κ2) is 25.8. The van der Waals surface area contributed by atoms with E-state index in [-0.39, 0.29) is 25.5 Å². The Labute approximate surface area is 234 Å². The zero-order chi connectivity index (χ0) is 29.1. The monoisotopic (exact) mass is 555 g/mol. The van der Waals surface area contributed by atoms with Crippen molar-refractivity contribution in [2.75, 3.05) is 45.8 Å². The summed E-state index contributed by atoms with van der Waals surface area (Å²) in [7, 11) is 0. The third-order valence-electron chi connectivity index (χ3n) is 6.44. The number of carbonyl (C=O) groups excluding carboxylic acids is 1. The molecule has 0 aliphatic rings. The van der Waals surface area contributed by atoms with Gasteiger partial charge in [-0.05, 0) is 32.1 Å². The van der Waals surface area contributed by atoms with Gasteiger partial charge in [-0.3, -0.25) is 29.0 Å². The molecule has 0 radical (unpaired) electrons. The minimum Gasteiger partial charge on any atom is -0.480 e. The number of rotatable bonds is 28. The molecule has 0 aliphatic heterocycles. The number of hydrogen-bond acceptors (Lipinski definition) is 6. The SMILES string of the molecule is CCCCCCCCC/C=C\CCCCCCCCNC(=O)CN(CCN(CC(=O)O)CC(=O)O)CC(=O)O. The molecule has 0 unspecified atom stereocenters. The molecule has 0 spiro atoms. The van der Waals surface area contributed by atoms with Crippen LogP contribution in [0.2, 0.25) is 0 Å². The average molecular weight is 556 g/mol. The Morgan fingerprint density at radius 2 is 0.949 bits per heavy atom. The number of aliphatic carboxylic acids is 3. The Morgan fingerprint density at radius 3 is 1.38 bits per heavy atom. The number of amides is 1. The molecule has 0 aliphatic carbocycles. The first kappa shape index (κ1) is 36.5. The van der Waals surface area contributed by atoms with Crippen LogP contribution in [0.3, 0.4) is 0 Å². The first-order valence-corrected chi connectivity index (χ1v) is 14.8. The van der Waals surface area contributed by atoms with Gasteiger partial charge in [0, 0.05) is 19.6 Å². The first-order valence-electron chi connectivity index (χ1n) is 14.8. The molecule has 0 saturated carbocycles. The third kappa shape index (κ3) is 26.9. The lowest BCUT2D eigenvalue weighted by Crippen LogP contribution is -2.45. The van der Waals surface area contributed by atoms with Crippen LogP contribution in [-0.2, 0) is 19.2 Å². The fourth-order valence-corrected chi connectivity index (χ4v) is 4.32. The summed E-state index contributed by atoms with van der Waals surface area (Å²) in [6.45, 7) is 1.36. The van der Waals surface area contributed by atoms with Gasteiger partial charge in [0.2, 0.25) is 5.91 Å². The summed E-state index contributed by atoms with van der Waals surface area (Å²) in [5, 5.41) is 29.8. The Kier molecular flexibility index (Phi) is 24.2. The van der Waals surface area contributed by atoms with Gasteiger partial charge in [-0.25, -0.2) is 0 Å². The molecule has 0 fully saturated rings. The second-order valence-electron chi connectivity index (χ2n) is 10.2. The number of nitrogens with zero attached hydrogens (tertiary/aromatic N) is 2. The molecule has 0 aromatic heterocycles. The summed E-state index contributed by atoms with van der Waals surface area (Å²) in [6, 6.07) is 0. The van der Waals surface area contributed by atoms with Gasteiger partial charge in [-0.15, -0.1) is 0 Å². The molecule has 10 heteroatoms. The lowest BCUT2D eigenvalue weighted by atomic mass is 10.1. The van der Waals surface area contributed by atoms with Gasteiger partial charge in [0.15, 0.2) is 0 Å². The molecule has 0 aromatic carbocycles. The number of allylic oxidation sites excluding steroid dienone is 2. The van der Waals surface area contributed by atoms with E-state index in [4.69, 9.17) is 15.3 Å². The van der Waals surface area contributed by atoms with Crippen molar-refractivity contribution in [2.45, 2.75) is 103 Å². The van der Waals surface area contributed by atoms with Gasteiger partial charge in [0.05, 0.1) is 26.2 Å². The van der Waals surface area contributed by atoms with Crippen molar-refractivity contribution < 1.29 is 34.5 Å². The molecule has 4 N–H and O–H groups in total. The largest absolute Gasteiger partial charge is 0.480 e. The Balaban J connectivity index is 3.88. The maximum absolute atomic E-state index is 12.3. The predicted octanol–water partition coefficient (Wildman–Crippen LogP) is 4.39. The van der Waals surface area contributed by atoms with Gasteiger partial charge in [0.25, 0.3) is 0 Å². The second-order valence-corrected chi connectivity index (χ2v) is 10.2. The topological polar surface area (TPSA) is 147 Å². The molecule has 1 amide bonds. The van der Waals surface area contributed by atoms with Gasteiger partial charge < -0.3 is 20.6 Å². The van der Waals surface area contributed by atoms with Crippen LogP contribution in [0, 0.1) is 0 Å². The predicted molar refractivity (Wildman–Crippen MR) is 153 cm³/mol. The summed E-state index contributed by atoms with van der Waals surface area (Å²) in [6.07, 6.45) is 23.0. The number of carbonyl (C=O) groups is 4. The number of carboxylic acids is 3. The van der Waals surface area contributed by atoms with Crippen LogP contribution in [0.1, 0.15) is 103 Å². The smallest absolute Gasteiger partial charge is 0.317 e. The van der Waals surface area contributed by atoms with Crippen LogP contribution >= 0.6 is 0 Å². The van der Waals surface area contributed by atoms with Crippen molar-refractivity contribution in [2.24, 2.45) is 0 Å². The zero-order valence-electron chi connectivity index (χ0n) is 24.1. The van der Waals surface area contributed by atoms with E-state index in [9.17, 15) is 19.2 Å². The summed E-state index contributed by atoms with van der Waals surface area (Å²) in [4.78, 5) is 47.8. The lowest BCUT2D eigenvalue weighted by Gasteiger charge is -2.24. The van der Waals surface area contributed by atoms with E-state index in [0.717, 1.165) is 25.7 Å². The number of unbranched alkanes of at least 4 members (excludes halogenated alkanes) is 13. The molecule has 0 rings (SSSR count). The molecular formula is C29H53N3O7. The minimum absolute atomic E-state index is 0.0220. The highest BCUT2D eigenvalue weighted by Crippen LogP contribution is 2.10. The van der Waals surface area contributed by atoms with Crippen molar-refractivity contribution in [1.29, 1.82) is 0 Å². The van der Waals surface area contributed by atoms with Crippen molar-refractivity contribution in [3.63, 3.8) is 0 Å². The summed E-state index contributed by atoms with van der Waals surface area (Å²) >= 11 is 0. The number of hydrogen-bond donors (Lipinski definition) is 4. The number of carboxylic acid groups (broad SMARTS) is 3. The number of nitrogens with one attached hydrogen (secondary N) is 1. The van der Waals surface area contributed by atoms with Gasteiger partial charge >= 0.3 is 17.9 Å². The minimum atomic E-state index is -1.18. The summed E-state index contributed by atoms with van der Waals surface area (Å²) < 4.78 is 0. The van der Waals surface area contributed by atoms with Gasteiger partial charge in [-0.1, -0.05) is 83.3 Å². The van der Waals surface area contributed by atoms with E-state index in [2.05, 4.69) is 24.4 Å². The molecule has 39 heavy (non-hydrogen) atoms. The molecule has 226 valence electrons. The maximum atomic E-state index is 12.3. The van der Waals surface area contributed by atoms with Gasteiger partial charge in [0.1, 0.15) is 0 Å². The van der Waals surface area contributed by atoms with E-state index < -0.39 is 37.5 Å². The first-order chi connectivity index (χ1) is 18.7. The van der Waals surface area contributed by atoms with Crippen LogP contribution in [0.5, 0.6) is 0 Å². The molecular weight excluding hydrogens is 502 g/mol. The molecule has 10 nitrogen and oxygen atoms in total. The highest BCUT2D eigenvalue weighted by molar-refractivity contribution is 5.79. The standard InChI is InChI=1S/C29H53N3O7/c1-2-3-4-5-6-7-8-9-10-11-12-13-14-15-16-17-18-19-30-26(33)22-31(23-27(34)35)20-21-32(24-28(36)37)25-29(38)39/h10-11H,2-9,12-25H2,1H3,(H,30,33)(H,34,35)(H,36,37)(H,38,39)/b11-10-. The maximum Gasteiger partial charge on any atom is 0.317 e. The van der Waals surface area contributed by atoms with E-state index in [1.54, 1.807) is 0 Å². The van der Waals surface area contributed by atoms with Gasteiger partial charge in [-0.2, -0.15) is 0 Å². The van der Waals surface area contributed by atoms with Crippen LogP contribution in [0.4, 0.5) is 0 Å². The van der Waals surface area contributed by atoms with Crippen LogP contribution in [0.25, 0.3) is 0 Å². The Morgan fingerprint density at radius 1 is 0.564 bits per heavy atom.